The predicted molar refractivity (Wildman–Crippen MR) is 157 cm³/mol. The average molecular weight is 530 g/mol. The van der Waals surface area contributed by atoms with Crippen LogP contribution < -0.4 is 5.32 Å². The van der Waals surface area contributed by atoms with Crippen LogP contribution in [0, 0.1) is 11.7 Å². The summed E-state index contributed by atoms with van der Waals surface area (Å²) in [6.45, 7) is 4.32. The van der Waals surface area contributed by atoms with Crippen molar-refractivity contribution in [2.75, 3.05) is 5.32 Å². The lowest BCUT2D eigenvalue weighted by atomic mass is 9.87. The molecule has 40 heavy (non-hydrogen) atoms. The molecule has 0 radical (unpaired) electrons. The largest absolute Gasteiger partial charge is 0.358 e. The molecule has 1 fully saturated rings. The molecule has 0 amide bonds. The monoisotopic (exact) mass is 529 g/mol. The van der Waals surface area contributed by atoms with Crippen LogP contribution in [0.15, 0.2) is 85.6 Å². The van der Waals surface area contributed by atoms with Gasteiger partial charge in [0.25, 0.3) is 0 Å². The van der Waals surface area contributed by atoms with Gasteiger partial charge in [-0.2, -0.15) is 5.10 Å². The Morgan fingerprint density at radius 1 is 0.850 bits per heavy atom. The third kappa shape index (κ3) is 4.51. The topological polar surface area (TPSA) is 95.2 Å². The summed E-state index contributed by atoms with van der Waals surface area (Å²) in [4.78, 5) is 17.1. The summed E-state index contributed by atoms with van der Waals surface area (Å²) < 4.78 is 13.5. The van der Waals surface area contributed by atoms with Gasteiger partial charge in [0.1, 0.15) is 11.5 Å². The van der Waals surface area contributed by atoms with Crippen LogP contribution in [0.3, 0.4) is 0 Å². The Balaban J connectivity index is 1.22. The van der Waals surface area contributed by atoms with Crippen molar-refractivity contribution in [1.29, 1.82) is 0 Å². The molecule has 7 rings (SSSR count). The smallest absolute Gasteiger partial charge is 0.159 e. The molecule has 3 N–H and O–H groups in total. The maximum absolute atomic E-state index is 13.5. The molecule has 7 nitrogen and oxygen atoms in total. The van der Waals surface area contributed by atoms with Crippen LogP contribution in [-0.2, 0) is 0 Å². The first-order valence-electron chi connectivity index (χ1n) is 13.6. The molecule has 1 aliphatic rings. The summed E-state index contributed by atoms with van der Waals surface area (Å²) in [6, 6.07) is 14.7. The number of aromatic nitrogens is 6. The fourth-order valence-corrected chi connectivity index (χ4v) is 5.66. The summed E-state index contributed by atoms with van der Waals surface area (Å²) in [5, 5.41) is 12.2. The Labute approximate surface area is 230 Å². The minimum atomic E-state index is -0.281. The lowest BCUT2D eigenvalue weighted by Gasteiger charge is -2.24. The van der Waals surface area contributed by atoms with E-state index in [4.69, 9.17) is 4.98 Å². The number of hydrogen-bond acceptors (Lipinski definition) is 5. The highest BCUT2D eigenvalue weighted by Crippen LogP contribution is 2.34. The molecule has 0 atom stereocenters. The highest BCUT2D eigenvalue weighted by Gasteiger charge is 2.18. The first-order valence-corrected chi connectivity index (χ1v) is 13.6. The van der Waals surface area contributed by atoms with Gasteiger partial charge >= 0.3 is 0 Å². The second kappa shape index (κ2) is 10.0. The second-order valence-corrected chi connectivity index (χ2v) is 10.5. The van der Waals surface area contributed by atoms with Crippen LogP contribution in [0.25, 0.3) is 55.7 Å². The van der Waals surface area contributed by atoms with E-state index in [-0.39, 0.29) is 5.82 Å². The lowest BCUT2D eigenvalue weighted by molar-refractivity contribution is 0.405. The average Bonchev–Trinajstić information content (AvgIpc) is 3.62. The number of pyridine rings is 2. The third-order valence-electron chi connectivity index (χ3n) is 7.81. The zero-order valence-electron chi connectivity index (χ0n) is 21.9. The van der Waals surface area contributed by atoms with E-state index < -0.39 is 0 Å². The molecule has 4 heterocycles. The van der Waals surface area contributed by atoms with Crippen LogP contribution in [0.4, 0.5) is 10.1 Å². The van der Waals surface area contributed by atoms with E-state index in [1.807, 2.05) is 18.5 Å². The normalized spacial score (nSPS) is 14.1. The standard InChI is InChI=1S/C32H28FN7/c1-19(20-5-3-2-4-6-20)36-25-13-23(15-34-16-25)22-9-12-28-26(14-22)31(40-39-28)32-37-29-18-35-17-27(30(29)38-32)21-7-10-24(33)11-8-21/h7-18,20,36H,1-6H2,(H,37,38)(H,39,40). The summed E-state index contributed by atoms with van der Waals surface area (Å²) in [5.74, 6) is 0.869. The van der Waals surface area contributed by atoms with Gasteiger partial charge in [0.05, 0.1) is 34.6 Å². The van der Waals surface area contributed by atoms with Gasteiger partial charge in [-0.05, 0) is 60.2 Å². The number of allylic oxidation sites excluding steroid dienone is 1. The molecule has 198 valence electrons. The Hall–Kier alpha value is -4.85. The number of rotatable bonds is 6. The Kier molecular flexibility index (Phi) is 6.07. The van der Waals surface area contributed by atoms with E-state index in [1.54, 1.807) is 24.5 Å². The van der Waals surface area contributed by atoms with Crippen LogP contribution >= 0.6 is 0 Å². The van der Waals surface area contributed by atoms with Gasteiger partial charge in [-0.15, -0.1) is 0 Å². The van der Waals surface area contributed by atoms with Crippen molar-refractivity contribution in [3.05, 3.63) is 91.4 Å². The van der Waals surface area contributed by atoms with Crippen molar-refractivity contribution in [3.63, 3.8) is 0 Å². The number of anilines is 1. The highest BCUT2D eigenvalue weighted by atomic mass is 19.1. The van der Waals surface area contributed by atoms with Crippen molar-refractivity contribution in [2.45, 2.75) is 32.1 Å². The molecular weight excluding hydrogens is 501 g/mol. The molecule has 0 bridgehead atoms. The number of benzene rings is 2. The van der Waals surface area contributed by atoms with Crippen LogP contribution in [0.5, 0.6) is 0 Å². The third-order valence-corrected chi connectivity index (χ3v) is 7.81. The van der Waals surface area contributed by atoms with Crippen LogP contribution in [0.1, 0.15) is 32.1 Å². The fourth-order valence-electron chi connectivity index (χ4n) is 5.66. The molecule has 1 aliphatic carbocycles. The highest BCUT2D eigenvalue weighted by molar-refractivity contribution is 5.98. The van der Waals surface area contributed by atoms with Gasteiger partial charge in [0, 0.05) is 34.6 Å². The van der Waals surface area contributed by atoms with Crippen molar-refractivity contribution in [3.8, 4) is 33.8 Å². The number of nitrogens with one attached hydrogen (secondary N) is 3. The van der Waals surface area contributed by atoms with Gasteiger partial charge in [-0.3, -0.25) is 15.1 Å². The fraction of sp³-hybridized carbons (Fsp3) is 0.188. The Morgan fingerprint density at radius 2 is 1.65 bits per heavy atom. The van der Waals surface area contributed by atoms with Crippen molar-refractivity contribution >= 4 is 27.6 Å². The van der Waals surface area contributed by atoms with Gasteiger partial charge in [0.2, 0.25) is 0 Å². The van der Waals surface area contributed by atoms with E-state index >= 15 is 0 Å². The molecule has 0 saturated heterocycles. The van der Waals surface area contributed by atoms with Gasteiger partial charge in [0.15, 0.2) is 5.82 Å². The first kappa shape index (κ1) is 24.2. The van der Waals surface area contributed by atoms with Crippen molar-refractivity contribution in [2.24, 2.45) is 5.92 Å². The first-order chi connectivity index (χ1) is 19.6. The number of nitrogens with zero attached hydrogens (tertiary/aromatic N) is 4. The molecular formula is C32H28FN7. The van der Waals surface area contributed by atoms with Crippen LogP contribution in [-0.4, -0.2) is 30.1 Å². The number of imidazole rings is 1. The molecule has 0 unspecified atom stereocenters. The molecule has 2 aromatic carbocycles. The maximum atomic E-state index is 13.5. The van der Waals surface area contributed by atoms with Gasteiger partial charge < -0.3 is 10.3 Å². The molecule has 0 spiro atoms. The van der Waals surface area contributed by atoms with Crippen molar-refractivity contribution in [1.82, 2.24) is 30.1 Å². The second-order valence-electron chi connectivity index (χ2n) is 10.5. The lowest BCUT2D eigenvalue weighted by Crippen LogP contribution is -2.14. The molecule has 8 heteroatoms. The minimum Gasteiger partial charge on any atom is -0.358 e. The van der Waals surface area contributed by atoms with E-state index in [1.165, 1.54) is 44.2 Å². The maximum Gasteiger partial charge on any atom is 0.159 e. The Bertz CT molecular complexity index is 1850. The molecule has 4 aromatic heterocycles. The van der Waals surface area contributed by atoms with Gasteiger partial charge in [-0.1, -0.05) is 44.0 Å². The quantitative estimate of drug-likeness (QED) is 0.204. The van der Waals surface area contributed by atoms with E-state index in [0.29, 0.717) is 17.4 Å². The zero-order chi connectivity index (χ0) is 27.1. The molecule has 6 aromatic rings. The number of halogens is 1. The number of aromatic amines is 2. The number of hydrogen-bond donors (Lipinski definition) is 3. The van der Waals surface area contributed by atoms with E-state index in [9.17, 15) is 4.39 Å². The summed E-state index contributed by atoms with van der Waals surface area (Å²) in [5.41, 5.74) is 8.88. The minimum absolute atomic E-state index is 0.281. The number of H-pyrrole nitrogens is 2. The number of fused-ring (bicyclic) bond motifs is 2. The van der Waals surface area contributed by atoms with Gasteiger partial charge in [-0.25, -0.2) is 9.37 Å². The summed E-state index contributed by atoms with van der Waals surface area (Å²) >= 11 is 0. The Morgan fingerprint density at radius 3 is 2.50 bits per heavy atom. The van der Waals surface area contributed by atoms with E-state index in [2.05, 4.69) is 55.2 Å². The zero-order valence-corrected chi connectivity index (χ0v) is 21.9. The predicted octanol–water partition coefficient (Wildman–Crippen LogP) is 7.88. The summed E-state index contributed by atoms with van der Waals surface area (Å²) in [7, 11) is 0. The van der Waals surface area contributed by atoms with Crippen LogP contribution in [0.2, 0.25) is 0 Å². The summed E-state index contributed by atoms with van der Waals surface area (Å²) in [6.07, 6.45) is 13.5. The van der Waals surface area contributed by atoms with E-state index in [0.717, 1.165) is 55.6 Å². The SMILES string of the molecule is C=C(Nc1cncc(-c2ccc3[nH]nc(-c4nc5c(-c6ccc(F)cc6)cncc5[nH]4)c3c2)c1)C1CCCCC1. The molecule has 1 saturated carbocycles. The molecule has 0 aliphatic heterocycles. The van der Waals surface area contributed by atoms with Crippen molar-refractivity contribution < 1.29 is 4.39 Å².